The zero-order chi connectivity index (χ0) is 49.9. The number of terminal acetylenes is 1. The molecule has 0 radical (unpaired) electrons. The maximum absolute atomic E-state index is 15.3. The fourth-order valence-electron chi connectivity index (χ4n) is 8.63. The Morgan fingerprint density at radius 2 is 1.45 bits per heavy atom. The third kappa shape index (κ3) is 12.8. The summed E-state index contributed by atoms with van der Waals surface area (Å²) in [5, 5.41) is 1.75. The van der Waals surface area contributed by atoms with Gasteiger partial charge in [0.15, 0.2) is 0 Å². The first-order chi connectivity index (χ1) is 33.1. The number of benzene rings is 5. The third-order valence-corrected chi connectivity index (χ3v) is 12.5. The summed E-state index contributed by atoms with van der Waals surface area (Å²) < 4.78 is 58.8. The molecule has 3 heterocycles. The van der Waals surface area contributed by atoms with Crippen molar-refractivity contribution >= 4 is 33.6 Å². The zero-order valence-corrected chi connectivity index (χ0v) is 40.2. The highest BCUT2D eigenvalue weighted by atomic mass is 19.3. The van der Waals surface area contributed by atoms with Gasteiger partial charge in [-0.15, -0.1) is 12.8 Å². The number of imidazole rings is 2. The Bertz CT molecular complexity index is 2780. The van der Waals surface area contributed by atoms with Crippen molar-refractivity contribution in [3.63, 3.8) is 0 Å². The molecule has 14 heteroatoms. The number of alkyl halides is 4. The highest BCUT2D eigenvalue weighted by Crippen LogP contribution is 2.43. The Morgan fingerprint density at radius 3 is 2.06 bits per heavy atom. The molecule has 362 valence electrons. The number of aromatic amines is 2. The summed E-state index contributed by atoms with van der Waals surface area (Å²) in [6.45, 7) is 11.0. The Morgan fingerprint density at radius 1 is 0.826 bits per heavy atom. The van der Waals surface area contributed by atoms with E-state index in [1.54, 1.807) is 30.5 Å². The number of hydrogen-bond acceptors (Lipinski definition) is 6. The Hall–Kier alpha value is -6.82. The summed E-state index contributed by atoms with van der Waals surface area (Å²) in [5.74, 6) is -6.22. The van der Waals surface area contributed by atoms with Gasteiger partial charge in [0.1, 0.15) is 17.7 Å². The van der Waals surface area contributed by atoms with Crippen molar-refractivity contribution in [3.8, 4) is 35.2 Å². The highest BCUT2D eigenvalue weighted by Gasteiger charge is 2.50. The summed E-state index contributed by atoms with van der Waals surface area (Å²) >= 11 is 0. The second kappa shape index (κ2) is 23.0. The van der Waals surface area contributed by atoms with E-state index in [1.807, 2.05) is 110 Å². The normalized spacial score (nSPS) is 14.9. The molecule has 1 fully saturated rings. The molecule has 1 aliphatic heterocycles. The van der Waals surface area contributed by atoms with Gasteiger partial charge < -0.3 is 24.7 Å². The fraction of sp³-hybridized carbons (Fsp3) is 0.345. The number of fused-ring (bicyclic) bond motifs is 3. The Labute approximate surface area is 402 Å². The first-order valence-electron chi connectivity index (χ1n) is 23.4. The lowest BCUT2D eigenvalue weighted by Crippen LogP contribution is -2.43. The van der Waals surface area contributed by atoms with Crippen molar-refractivity contribution in [2.75, 3.05) is 46.3 Å². The monoisotopic (exact) mass is 942 g/mol. The van der Waals surface area contributed by atoms with Gasteiger partial charge in [0.2, 0.25) is 11.8 Å². The van der Waals surface area contributed by atoms with Crippen LogP contribution < -0.4 is 0 Å². The molecular weight excluding hydrogens is 881 g/mol. The first kappa shape index (κ1) is 51.6. The lowest BCUT2D eigenvalue weighted by molar-refractivity contribution is -0.139. The first-order valence-corrected chi connectivity index (χ1v) is 23.4. The molecule has 69 heavy (non-hydrogen) atoms. The van der Waals surface area contributed by atoms with Crippen LogP contribution in [0.3, 0.4) is 0 Å². The number of aromatic nitrogens is 4. The molecule has 2 N–H and O–H groups in total. The van der Waals surface area contributed by atoms with E-state index < -0.39 is 49.3 Å². The number of nitrogens with one attached hydrogen (secondary N) is 2. The van der Waals surface area contributed by atoms with Crippen LogP contribution in [0.4, 0.5) is 17.6 Å². The maximum Gasteiger partial charge on any atom is 0.267 e. The average molecular weight is 943 g/mol. The minimum Gasteiger partial charge on any atom is -0.341 e. The average Bonchev–Trinajstić information content (AvgIpc) is 4.10. The van der Waals surface area contributed by atoms with Gasteiger partial charge in [-0.25, -0.2) is 27.5 Å². The van der Waals surface area contributed by atoms with E-state index in [9.17, 15) is 18.4 Å². The lowest BCUT2D eigenvalue weighted by Gasteiger charge is -2.34. The number of carbonyl (C=O) groups is 2. The van der Waals surface area contributed by atoms with Gasteiger partial charge in [0.25, 0.3) is 11.8 Å². The quantitative estimate of drug-likeness (QED) is 0.0739. The van der Waals surface area contributed by atoms with E-state index in [1.165, 1.54) is 4.90 Å². The molecule has 2 amide bonds. The van der Waals surface area contributed by atoms with E-state index in [2.05, 4.69) is 53.6 Å². The molecule has 7 aromatic rings. The van der Waals surface area contributed by atoms with E-state index >= 15 is 8.78 Å². The van der Waals surface area contributed by atoms with Crippen molar-refractivity contribution in [2.24, 2.45) is 0 Å². The van der Waals surface area contributed by atoms with Crippen molar-refractivity contribution < 1.29 is 27.2 Å². The minimum atomic E-state index is -3.08. The number of nitrogens with zero attached hydrogens (tertiary/aromatic N) is 6. The van der Waals surface area contributed by atoms with E-state index in [-0.39, 0.29) is 18.9 Å². The molecule has 8 rings (SSSR count). The van der Waals surface area contributed by atoms with Crippen LogP contribution in [0.15, 0.2) is 121 Å². The number of carbonyl (C=O) groups excluding carboxylic acids is 2. The van der Waals surface area contributed by atoms with E-state index in [0.717, 1.165) is 63.5 Å². The number of likely N-dealkylation sites (N-methyl/N-ethyl adjacent to an activating group) is 1. The molecular formula is C55H62F4N8O2. The number of rotatable bonds is 16. The summed E-state index contributed by atoms with van der Waals surface area (Å²) in [5.41, 5.74) is 6.23. The molecule has 1 saturated heterocycles. The summed E-state index contributed by atoms with van der Waals surface area (Å²) in [4.78, 5) is 49.9. The minimum absolute atomic E-state index is 0.00452. The van der Waals surface area contributed by atoms with Crippen LogP contribution in [0.25, 0.3) is 44.2 Å². The topological polar surface area (TPSA) is 104 Å². The molecule has 10 nitrogen and oxygen atoms in total. The van der Waals surface area contributed by atoms with Crippen molar-refractivity contribution in [1.82, 2.24) is 39.5 Å². The predicted molar refractivity (Wildman–Crippen MR) is 268 cm³/mol. The number of likely N-dealkylation sites (tertiary alicyclic amines) is 1. The predicted octanol–water partition coefficient (Wildman–Crippen LogP) is 11.2. The molecule has 2 aromatic heterocycles. The summed E-state index contributed by atoms with van der Waals surface area (Å²) in [6, 6.07) is 34.4. The van der Waals surface area contributed by atoms with Crippen LogP contribution in [-0.2, 0) is 22.6 Å². The lowest BCUT2D eigenvalue weighted by atomic mass is 9.99. The standard InChI is InChI=1S/C48H47F4N7O2.C5H13N.C2H2/c1-4-57(5-2)44(34-14-10-7-11-15-34)46(61)59-30-48(51,52)26-40(59)45-55-38-23-21-36-25-35(20-22-37(36)43(38)56-45)32-16-18-33(19-17-32)39-27-53-41(54-39)28-58(29-47(3,49)50)42(60)24-31-12-8-6-9-13-31;1-4-6(3)5-2;1-2/h6-23,25,27,40,44H,4-5,24,26,28-30H2,1-3H3,(H,53,54)(H,55,56);4-5H2,1-3H3;1-2H/t40-,44+;;/m0../s1. The van der Waals surface area contributed by atoms with Crippen LogP contribution in [-0.4, -0.2) is 110 Å². The van der Waals surface area contributed by atoms with Gasteiger partial charge in [-0.3, -0.25) is 14.5 Å². The van der Waals surface area contributed by atoms with Crippen LogP contribution in [0.1, 0.15) is 75.9 Å². The SMILES string of the molecule is C#C.CCN(C)CC.CCN(CC)[C@@H](C(=O)N1CC(F)(F)C[C@H]1c1nc2c(ccc3cc(-c4ccc(-c5cnc(CN(CC(C)(F)F)C(=O)Cc6ccccc6)[nH]5)cc4)ccc32)[nH]1)c1ccccc1. The largest absolute Gasteiger partial charge is 0.341 e. The van der Waals surface area contributed by atoms with E-state index in [0.29, 0.717) is 41.5 Å². The third-order valence-electron chi connectivity index (χ3n) is 12.5. The molecule has 0 unspecified atom stereocenters. The second-order valence-electron chi connectivity index (χ2n) is 17.4. The van der Waals surface area contributed by atoms with Crippen LogP contribution >= 0.6 is 0 Å². The van der Waals surface area contributed by atoms with Crippen LogP contribution in [0.2, 0.25) is 0 Å². The van der Waals surface area contributed by atoms with Gasteiger partial charge in [0, 0.05) is 18.7 Å². The second-order valence-corrected chi connectivity index (χ2v) is 17.4. The van der Waals surface area contributed by atoms with Crippen molar-refractivity contribution in [1.29, 1.82) is 0 Å². The maximum atomic E-state index is 15.3. The van der Waals surface area contributed by atoms with Crippen LogP contribution in [0, 0.1) is 12.8 Å². The number of amides is 2. The van der Waals surface area contributed by atoms with Gasteiger partial charge in [-0.1, -0.05) is 131 Å². The van der Waals surface area contributed by atoms with Gasteiger partial charge in [0.05, 0.1) is 55.0 Å². The molecule has 2 atom stereocenters. The van der Waals surface area contributed by atoms with E-state index in [4.69, 9.17) is 4.98 Å². The molecule has 0 saturated carbocycles. The number of halogens is 4. The Kier molecular flexibility index (Phi) is 17.2. The van der Waals surface area contributed by atoms with Crippen LogP contribution in [0.5, 0.6) is 0 Å². The summed E-state index contributed by atoms with van der Waals surface area (Å²) in [7, 11) is 2.11. The molecule has 0 aliphatic carbocycles. The fourth-order valence-corrected chi connectivity index (χ4v) is 8.63. The zero-order valence-electron chi connectivity index (χ0n) is 40.2. The smallest absolute Gasteiger partial charge is 0.267 e. The molecule has 0 spiro atoms. The molecule has 1 aliphatic rings. The molecule has 5 aromatic carbocycles. The highest BCUT2D eigenvalue weighted by molar-refractivity contribution is 6.05. The van der Waals surface area contributed by atoms with Crippen molar-refractivity contribution in [3.05, 3.63) is 144 Å². The summed E-state index contributed by atoms with van der Waals surface area (Å²) in [6.07, 6.45) is 9.10. The van der Waals surface area contributed by atoms with Gasteiger partial charge in [-0.2, -0.15) is 0 Å². The van der Waals surface area contributed by atoms with Crippen molar-refractivity contribution in [2.45, 2.75) is 77.9 Å². The van der Waals surface area contributed by atoms with Gasteiger partial charge in [-0.05, 0) is 78.6 Å². The Balaban J connectivity index is 0.000000909. The molecule has 0 bridgehead atoms. The number of H-pyrrole nitrogens is 2. The number of hydrogen-bond donors (Lipinski definition) is 2. The van der Waals surface area contributed by atoms with Gasteiger partial charge >= 0.3 is 0 Å².